The van der Waals surface area contributed by atoms with E-state index in [0.717, 1.165) is 25.5 Å². The summed E-state index contributed by atoms with van der Waals surface area (Å²) in [6, 6.07) is 19.7. The molecule has 1 aliphatic carbocycles. The molecule has 1 aliphatic rings. The van der Waals surface area contributed by atoms with E-state index in [1.165, 1.54) is 28.5 Å². The van der Waals surface area contributed by atoms with E-state index in [0.29, 0.717) is 12.0 Å². The minimum atomic E-state index is 0. The highest BCUT2D eigenvalue weighted by Gasteiger charge is 2.38. The lowest BCUT2D eigenvalue weighted by molar-refractivity contribution is 0.792. The van der Waals surface area contributed by atoms with Crippen LogP contribution in [-0.4, -0.2) is 30.1 Å². The van der Waals surface area contributed by atoms with Crippen LogP contribution in [0.15, 0.2) is 65.8 Å². The topological polar surface area (TPSA) is 52.2 Å². The summed E-state index contributed by atoms with van der Waals surface area (Å²) >= 11 is 0. The first kappa shape index (κ1) is 19.7. The first-order valence-electron chi connectivity index (χ1n) is 9.50. The molecular formula is C22H27IN4. The van der Waals surface area contributed by atoms with Crippen molar-refractivity contribution < 1.29 is 0 Å². The molecule has 0 amide bonds. The number of aromatic nitrogens is 1. The van der Waals surface area contributed by atoms with Gasteiger partial charge in [-0.05, 0) is 37.0 Å². The Morgan fingerprint density at radius 1 is 1.11 bits per heavy atom. The third-order valence-corrected chi connectivity index (χ3v) is 5.01. The molecule has 0 radical (unpaired) electrons. The summed E-state index contributed by atoms with van der Waals surface area (Å²) in [5.74, 6) is 1.53. The van der Waals surface area contributed by atoms with Crippen molar-refractivity contribution in [1.29, 1.82) is 0 Å². The zero-order valence-electron chi connectivity index (χ0n) is 15.6. The predicted octanol–water partition coefficient (Wildman–Crippen LogP) is 4.44. The highest BCUT2D eigenvalue weighted by Crippen LogP contribution is 2.40. The molecule has 0 spiro atoms. The third-order valence-electron chi connectivity index (χ3n) is 5.01. The van der Waals surface area contributed by atoms with Crippen molar-refractivity contribution in [3.8, 4) is 0 Å². The summed E-state index contributed by atoms with van der Waals surface area (Å²) in [7, 11) is 0. The fourth-order valence-corrected chi connectivity index (χ4v) is 3.55. The summed E-state index contributed by atoms with van der Waals surface area (Å²) in [6.45, 7) is 3.76. The summed E-state index contributed by atoms with van der Waals surface area (Å²) in [5, 5.41) is 8.26. The number of nitrogens with one attached hydrogen (secondary N) is 3. The van der Waals surface area contributed by atoms with Crippen LogP contribution in [0.3, 0.4) is 0 Å². The number of hydrogen-bond donors (Lipinski definition) is 3. The maximum absolute atomic E-state index is 4.78. The van der Waals surface area contributed by atoms with Gasteiger partial charge in [0.2, 0.25) is 0 Å². The van der Waals surface area contributed by atoms with E-state index in [1.807, 2.05) is 0 Å². The van der Waals surface area contributed by atoms with Gasteiger partial charge in [-0.15, -0.1) is 24.0 Å². The van der Waals surface area contributed by atoms with E-state index >= 15 is 0 Å². The number of nitrogens with zero attached hydrogens (tertiary/aromatic N) is 1. The first-order chi connectivity index (χ1) is 12.8. The van der Waals surface area contributed by atoms with Crippen molar-refractivity contribution in [3.05, 3.63) is 71.9 Å². The average Bonchev–Trinajstić information content (AvgIpc) is 3.33. The van der Waals surface area contributed by atoms with Gasteiger partial charge in [0, 0.05) is 42.1 Å². The van der Waals surface area contributed by atoms with Crippen molar-refractivity contribution in [2.75, 3.05) is 13.1 Å². The van der Waals surface area contributed by atoms with E-state index in [-0.39, 0.29) is 24.0 Å². The van der Waals surface area contributed by atoms with Gasteiger partial charge in [0.05, 0.1) is 0 Å². The molecular weight excluding hydrogens is 447 g/mol. The molecule has 27 heavy (non-hydrogen) atoms. The Morgan fingerprint density at radius 3 is 2.70 bits per heavy atom. The number of H-pyrrole nitrogens is 1. The second-order valence-corrected chi connectivity index (χ2v) is 6.87. The van der Waals surface area contributed by atoms with Crippen LogP contribution in [0.25, 0.3) is 10.9 Å². The molecule has 2 aromatic carbocycles. The van der Waals surface area contributed by atoms with E-state index in [1.54, 1.807) is 0 Å². The maximum atomic E-state index is 4.78. The number of fused-ring (bicyclic) bond motifs is 1. The van der Waals surface area contributed by atoms with E-state index in [4.69, 9.17) is 4.99 Å². The lowest BCUT2D eigenvalue weighted by Gasteiger charge is -2.11. The second kappa shape index (κ2) is 9.26. The van der Waals surface area contributed by atoms with Crippen LogP contribution in [0.1, 0.15) is 30.4 Å². The van der Waals surface area contributed by atoms with Crippen LogP contribution >= 0.6 is 24.0 Å². The van der Waals surface area contributed by atoms with Gasteiger partial charge in [0.15, 0.2) is 5.96 Å². The van der Waals surface area contributed by atoms with Crippen LogP contribution in [0, 0.1) is 0 Å². The van der Waals surface area contributed by atoms with Crippen molar-refractivity contribution in [2.45, 2.75) is 31.7 Å². The van der Waals surface area contributed by atoms with E-state index < -0.39 is 0 Å². The van der Waals surface area contributed by atoms with Crippen molar-refractivity contribution >= 4 is 40.8 Å². The largest absolute Gasteiger partial charge is 0.361 e. The molecule has 3 aromatic rings. The Hall–Kier alpha value is -2.02. The molecule has 0 saturated heterocycles. The summed E-state index contributed by atoms with van der Waals surface area (Å²) in [6.07, 6.45) is 4.22. The molecule has 0 bridgehead atoms. The number of para-hydroxylation sites is 1. The molecule has 1 heterocycles. The van der Waals surface area contributed by atoms with Crippen molar-refractivity contribution in [1.82, 2.24) is 15.6 Å². The lowest BCUT2D eigenvalue weighted by Crippen LogP contribution is -2.39. The van der Waals surface area contributed by atoms with E-state index in [2.05, 4.69) is 83.3 Å². The quantitative estimate of drug-likeness (QED) is 0.281. The van der Waals surface area contributed by atoms with Gasteiger partial charge in [-0.1, -0.05) is 48.5 Å². The van der Waals surface area contributed by atoms with Crippen molar-refractivity contribution in [3.63, 3.8) is 0 Å². The number of hydrogen-bond acceptors (Lipinski definition) is 1. The zero-order chi connectivity index (χ0) is 17.8. The van der Waals surface area contributed by atoms with Gasteiger partial charge in [-0.25, -0.2) is 0 Å². The van der Waals surface area contributed by atoms with Gasteiger partial charge in [0.1, 0.15) is 0 Å². The predicted molar refractivity (Wildman–Crippen MR) is 124 cm³/mol. The van der Waals surface area contributed by atoms with Gasteiger partial charge >= 0.3 is 0 Å². The van der Waals surface area contributed by atoms with Crippen LogP contribution in [0.4, 0.5) is 0 Å². The number of rotatable bonds is 6. The summed E-state index contributed by atoms with van der Waals surface area (Å²) < 4.78 is 0. The smallest absolute Gasteiger partial charge is 0.191 e. The van der Waals surface area contributed by atoms with Crippen LogP contribution in [0.5, 0.6) is 0 Å². The minimum absolute atomic E-state index is 0. The van der Waals surface area contributed by atoms with Gasteiger partial charge < -0.3 is 15.6 Å². The number of aromatic amines is 1. The Balaban J connectivity index is 0.00000210. The molecule has 1 saturated carbocycles. The molecule has 1 fully saturated rings. The number of halogens is 1. The fourth-order valence-electron chi connectivity index (χ4n) is 3.55. The van der Waals surface area contributed by atoms with Crippen molar-refractivity contribution in [2.24, 2.45) is 4.99 Å². The Morgan fingerprint density at radius 2 is 1.89 bits per heavy atom. The van der Waals surface area contributed by atoms with Gasteiger partial charge in [-0.3, -0.25) is 4.99 Å². The van der Waals surface area contributed by atoms with Crippen LogP contribution in [-0.2, 0) is 6.42 Å². The average molecular weight is 474 g/mol. The SMILES string of the molecule is CCNC(=NCCc1c[nH]c2ccccc12)NC1CC1c1ccccc1.I. The highest BCUT2D eigenvalue weighted by molar-refractivity contribution is 14.0. The Kier molecular flexibility index (Phi) is 6.77. The second-order valence-electron chi connectivity index (χ2n) is 6.87. The molecule has 1 aromatic heterocycles. The minimum Gasteiger partial charge on any atom is -0.361 e. The summed E-state index contributed by atoms with van der Waals surface area (Å²) in [5.41, 5.74) is 3.94. The van der Waals surface area contributed by atoms with Gasteiger partial charge in [-0.2, -0.15) is 0 Å². The molecule has 0 aliphatic heterocycles. The normalized spacial score (nSPS) is 18.8. The zero-order valence-corrected chi connectivity index (χ0v) is 17.9. The Labute approximate surface area is 177 Å². The molecule has 2 atom stereocenters. The maximum Gasteiger partial charge on any atom is 0.191 e. The Bertz CT molecular complexity index is 887. The lowest BCUT2D eigenvalue weighted by atomic mass is 10.1. The fraction of sp³-hybridized carbons (Fsp3) is 0.318. The first-order valence-corrected chi connectivity index (χ1v) is 9.50. The number of guanidine groups is 1. The molecule has 4 nitrogen and oxygen atoms in total. The van der Waals surface area contributed by atoms with Crippen LogP contribution in [0.2, 0.25) is 0 Å². The molecule has 4 rings (SSSR count). The highest BCUT2D eigenvalue weighted by atomic mass is 127. The molecule has 2 unspecified atom stereocenters. The molecule has 142 valence electrons. The monoisotopic (exact) mass is 474 g/mol. The number of benzene rings is 2. The number of aliphatic imine (C=N–C) groups is 1. The molecule has 3 N–H and O–H groups in total. The van der Waals surface area contributed by atoms with Gasteiger partial charge in [0.25, 0.3) is 0 Å². The molecule has 5 heteroatoms. The van der Waals surface area contributed by atoms with Crippen LogP contribution < -0.4 is 10.6 Å². The standard InChI is InChI=1S/C22H26N4.HI/c1-2-23-22(26-21-14-19(21)16-8-4-3-5-9-16)24-13-12-17-15-25-20-11-7-6-10-18(17)20;/h3-11,15,19,21,25H,2,12-14H2,1H3,(H2,23,24,26);1H. The third kappa shape index (κ3) is 4.83. The summed E-state index contributed by atoms with van der Waals surface area (Å²) in [4.78, 5) is 8.12. The van der Waals surface area contributed by atoms with E-state index in [9.17, 15) is 0 Å².